The third-order valence-corrected chi connectivity index (χ3v) is 3.23. The highest BCUT2D eigenvalue weighted by atomic mass is 35.5. The topological polar surface area (TPSA) is 35.0 Å². The fourth-order valence-corrected chi connectivity index (χ4v) is 2.03. The number of benzene rings is 1. The summed E-state index contributed by atoms with van der Waals surface area (Å²) in [6.45, 7) is 0. The summed E-state index contributed by atoms with van der Waals surface area (Å²) < 4.78 is 4.97. The van der Waals surface area contributed by atoms with Gasteiger partial charge in [-0.15, -0.1) is 11.6 Å². The zero-order valence-corrected chi connectivity index (χ0v) is 11.3. The van der Waals surface area contributed by atoms with Crippen LogP contribution in [-0.4, -0.2) is 17.1 Å². The van der Waals surface area contributed by atoms with Crippen LogP contribution >= 0.6 is 23.2 Å². The van der Waals surface area contributed by atoms with E-state index in [9.17, 15) is 0 Å². The SMILES string of the molecule is COc1ncc(Cl)c(CC(Cl)c2ccccc2)n1. The van der Waals surface area contributed by atoms with E-state index in [2.05, 4.69) is 9.97 Å². The van der Waals surface area contributed by atoms with Crippen LogP contribution < -0.4 is 4.74 Å². The Labute approximate surface area is 116 Å². The lowest BCUT2D eigenvalue weighted by Crippen LogP contribution is -2.02. The molecule has 0 saturated heterocycles. The molecule has 3 nitrogen and oxygen atoms in total. The van der Waals surface area contributed by atoms with Gasteiger partial charge in [-0.05, 0) is 5.56 Å². The van der Waals surface area contributed by atoms with Gasteiger partial charge in [0.25, 0.3) is 0 Å². The van der Waals surface area contributed by atoms with Gasteiger partial charge in [-0.25, -0.2) is 4.98 Å². The molecule has 1 aromatic heterocycles. The quantitative estimate of drug-likeness (QED) is 0.803. The van der Waals surface area contributed by atoms with Crippen LogP contribution in [-0.2, 0) is 6.42 Å². The number of alkyl halides is 1. The van der Waals surface area contributed by atoms with Crippen LogP contribution in [0.5, 0.6) is 6.01 Å². The summed E-state index contributed by atoms with van der Waals surface area (Å²) in [5, 5.41) is 0.320. The molecule has 0 fully saturated rings. The fourth-order valence-electron chi connectivity index (χ4n) is 1.58. The minimum absolute atomic E-state index is 0.177. The molecule has 94 valence electrons. The average molecular weight is 283 g/mol. The van der Waals surface area contributed by atoms with Crippen LogP contribution in [0.3, 0.4) is 0 Å². The van der Waals surface area contributed by atoms with Crippen molar-refractivity contribution in [3.8, 4) is 6.01 Å². The third kappa shape index (κ3) is 3.12. The largest absolute Gasteiger partial charge is 0.467 e. The number of hydrogen-bond donors (Lipinski definition) is 0. The number of nitrogens with zero attached hydrogens (tertiary/aromatic N) is 2. The molecule has 0 aliphatic heterocycles. The van der Waals surface area contributed by atoms with Crippen molar-refractivity contribution in [1.82, 2.24) is 9.97 Å². The third-order valence-electron chi connectivity index (χ3n) is 2.51. The van der Waals surface area contributed by atoms with Gasteiger partial charge < -0.3 is 4.74 Å². The molecule has 2 rings (SSSR count). The molecule has 2 aromatic rings. The Balaban J connectivity index is 2.18. The summed E-state index contributed by atoms with van der Waals surface area (Å²) in [5.41, 5.74) is 1.72. The molecule has 0 aliphatic rings. The lowest BCUT2D eigenvalue weighted by atomic mass is 10.1. The monoisotopic (exact) mass is 282 g/mol. The highest BCUT2D eigenvalue weighted by Crippen LogP contribution is 2.27. The summed E-state index contributed by atoms with van der Waals surface area (Å²) in [7, 11) is 1.52. The predicted molar refractivity (Wildman–Crippen MR) is 72.3 cm³/mol. The van der Waals surface area contributed by atoms with Gasteiger partial charge in [0.05, 0.1) is 29.4 Å². The lowest BCUT2D eigenvalue weighted by Gasteiger charge is -2.10. The van der Waals surface area contributed by atoms with Crippen molar-refractivity contribution < 1.29 is 4.74 Å². The zero-order valence-electron chi connectivity index (χ0n) is 9.81. The summed E-state index contributed by atoms with van der Waals surface area (Å²) in [6.07, 6.45) is 2.06. The molecule has 18 heavy (non-hydrogen) atoms. The van der Waals surface area contributed by atoms with Crippen molar-refractivity contribution >= 4 is 23.2 Å². The van der Waals surface area contributed by atoms with E-state index < -0.39 is 0 Å². The van der Waals surface area contributed by atoms with Crippen molar-refractivity contribution in [3.05, 3.63) is 52.8 Å². The van der Waals surface area contributed by atoms with Gasteiger partial charge in [0.2, 0.25) is 0 Å². The molecule has 5 heteroatoms. The minimum Gasteiger partial charge on any atom is -0.467 e. The van der Waals surface area contributed by atoms with E-state index in [0.29, 0.717) is 23.1 Å². The Morgan fingerprint density at radius 1 is 1.28 bits per heavy atom. The van der Waals surface area contributed by atoms with Crippen LogP contribution in [0.4, 0.5) is 0 Å². The van der Waals surface area contributed by atoms with E-state index in [1.807, 2.05) is 30.3 Å². The lowest BCUT2D eigenvalue weighted by molar-refractivity contribution is 0.378. The first-order valence-corrected chi connectivity index (χ1v) is 6.26. The van der Waals surface area contributed by atoms with E-state index in [1.165, 1.54) is 13.3 Å². The second-order valence-corrected chi connectivity index (χ2v) is 4.67. The Morgan fingerprint density at radius 3 is 2.67 bits per heavy atom. The van der Waals surface area contributed by atoms with Crippen LogP contribution in [0.1, 0.15) is 16.6 Å². The Morgan fingerprint density at radius 2 is 2.00 bits per heavy atom. The highest BCUT2D eigenvalue weighted by molar-refractivity contribution is 6.31. The molecule has 1 heterocycles. The van der Waals surface area contributed by atoms with Gasteiger partial charge in [0.15, 0.2) is 0 Å². The smallest absolute Gasteiger partial charge is 0.316 e. The molecule has 0 N–H and O–H groups in total. The van der Waals surface area contributed by atoms with E-state index in [-0.39, 0.29) is 5.38 Å². The number of ether oxygens (including phenoxy) is 1. The van der Waals surface area contributed by atoms with Gasteiger partial charge >= 0.3 is 6.01 Å². The Bertz CT molecular complexity index is 520. The molecule has 0 spiro atoms. The molecule has 1 atom stereocenters. The second kappa shape index (κ2) is 6.03. The number of methoxy groups -OCH3 is 1. The maximum atomic E-state index is 6.35. The first-order valence-electron chi connectivity index (χ1n) is 5.45. The summed E-state index contributed by atoms with van der Waals surface area (Å²) >= 11 is 12.4. The first kappa shape index (κ1) is 13.1. The molecule has 0 saturated carbocycles. The van der Waals surface area contributed by atoms with Crippen LogP contribution in [0.2, 0.25) is 5.02 Å². The van der Waals surface area contributed by atoms with E-state index in [1.54, 1.807) is 0 Å². The molecule has 0 bridgehead atoms. The molecule has 0 radical (unpaired) electrons. The standard InChI is InChI=1S/C13H12Cl2N2O/c1-18-13-16-8-11(15)12(17-13)7-10(14)9-5-3-2-4-6-9/h2-6,8,10H,7H2,1H3. The van der Waals surface area contributed by atoms with Crippen molar-refractivity contribution in [2.45, 2.75) is 11.8 Å². The molecule has 0 aliphatic carbocycles. The molecular formula is C13H12Cl2N2O. The van der Waals surface area contributed by atoms with Crippen molar-refractivity contribution in [1.29, 1.82) is 0 Å². The summed E-state index contributed by atoms with van der Waals surface area (Å²) in [4.78, 5) is 8.14. The molecule has 1 aromatic carbocycles. The first-order chi connectivity index (χ1) is 8.70. The van der Waals surface area contributed by atoms with Gasteiger partial charge in [-0.3, -0.25) is 0 Å². The minimum atomic E-state index is -0.177. The summed E-state index contributed by atoms with van der Waals surface area (Å²) in [6, 6.07) is 10.1. The van der Waals surface area contributed by atoms with Gasteiger partial charge in [0, 0.05) is 6.42 Å². The van der Waals surface area contributed by atoms with Crippen LogP contribution in [0.25, 0.3) is 0 Å². The predicted octanol–water partition coefficient (Wildman–Crippen LogP) is 3.66. The second-order valence-electron chi connectivity index (χ2n) is 3.73. The maximum absolute atomic E-state index is 6.35. The van der Waals surface area contributed by atoms with Gasteiger partial charge in [-0.1, -0.05) is 41.9 Å². The fraction of sp³-hybridized carbons (Fsp3) is 0.231. The average Bonchev–Trinajstić information content (AvgIpc) is 2.42. The number of halogens is 2. The Hall–Kier alpha value is -1.32. The number of rotatable bonds is 4. The van der Waals surface area contributed by atoms with Crippen molar-refractivity contribution in [2.24, 2.45) is 0 Å². The number of hydrogen-bond acceptors (Lipinski definition) is 3. The number of aromatic nitrogens is 2. The normalized spacial score (nSPS) is 12.2. The van der Waals surface area contributed by atoms with Crippen molar-refractivity contribution in [3.63, 3.8) is 0 Å². The molecule has 1 unspecified atom stereocenters. The van der Waals surface area contributed by atoms with Crippen LogP contribution in [0.15, 0.2) is 36.5 Å². The highest BCUT2D eigenvalue weighted by Gasteiger charge is 2.13. The van der Waals surface area contributed by atoms with E-state index in [4.69, 9.17) is 27.9 Å². The zero-order chi connectivity index (χ0) is 13.0. The van der Waals surface area contributed by atoms with Gasteiger partial charge in [-0.2, -0.15) is 4.98 Å². The molecule has 0 amide bonds. The van der Waals surface area contributed by atoms with Crippen LogP contribution in [0, 0.1) is 0 Å². The maximum Gasteiger partial charge on any atom is 0.316 e. The summed E-state index contributed by atoms with van der Waals surface area (Å²) in [5.74, 6) is 0. The van der Waals surface area contributed by atoms with E-state index in [0.717, 1.165) is 5.56 Å². The van der Waals surface area contributed by atoms with Crippen molar-refractivity contribution in [2.75, 3.05) is 7.11 Å². The van der Waals surface area contributed by atoms with Gasteiger partial charge in [0.1, 0.15) is 0 Å². The Kier molecular flexibility index (Phi) is 4.39. The van der Waals surface area contributed by atoms with E-state index >= 15 is 0 Å². The molecular weight excluding hydrogens is 271 g/mol.